The van der Waals surface area contributed by atoms with E-state index in [0.717, 1.165) is 5.56 Å². The quantitative estimate of drug-likeness (QED) is 0.809. The van der Waals surface area contributed by atoms with Crippen molar-refractivity contribution in [1.29, 1.82) is 0 Å². The molecule has 0 radical (unpaired) electrons. The third-order valence-electron chi connectivity index (χ3n) is 3.81. The van der Waals surface area contributed by atoms with Crippen molar-refractivity contribution in [2.24, 2.45) is 11.7 Å². The van der Waals surface area contributed by atoms with Gasteiger partial charge in [0.1, 0.15) is 6.54 Å². The second-order valence-corrected chi connectivity index (χ2v) is 5.81. The zero-order valence-electron chi connectivity index (χ0n) is 12.6. The van der Waals surface area contributed by atoms with E-state index in [1.54, 1.807) is 0 Å². The van der Waals surface area contributed by atoms with Gasteiger partial charge in [0.25, 0.3) is 0 Å². The van der Waals surface area contributed by atoms with Gasteiger partial charge in [0.2, 0.25) is 11.7 Å². The zero-order chi connectivity index (χ0) is 15.5. The SMILES string of the molecule is Cc1ccc(-c2nnn(CC(=O)NCC(N)C3CC3)n2)cc1. The standard InChI is InChI=1S/C15H20N6O/c1-10-2-4-12(5-3-10)15-18-20-21(19-15)9-14(22)17-8-13(16)11-6-7-11/h2-5,11,13H,6-9,16H2,1H3,(H,17,22). The number of nitrogens with one attached hydrogen (secondary N) is 1. The number of tetrazole rings is 1. The van der Waals surface area contributed by atoms with E-state index < -0.39 is 0 Å². The summed E-state index contributed by atoms with van der Waals surface area (Å²) in [6.07, 6.45) is 2.34. The van der Waals surface area contributed by atoms with Gasteiger partial charge in [0.15, 0.2) is 0 Å². The number of rotatable bonds is 6. The van der Waals surface area contributed by atoms with E-state index in [1.807, 2.05) is 31.2 Å². The van der Waals surface area contributed by atoms with Crippen molar-refractivity contribution in [3.05, 3.63) is 29.8 Å². The molecule has 1 fully saturated rings. The smallest absolute Gasteiger partial charge is 0.243 e. The van der Waals surface area contributed by atoms with Gasteiger partial charge in [-0.15, -0.1) is 10.2 Å². The normalized spacial score (nSPS) is 15.5. The number of benzene rings is 1. The molecule has 3 rings (SSSR count). The Bertz CT molecular complexity index is 646. The van der Waals surface area contributed by atoms with Crippen molar-refractivity contribution in [2.45, 2.75) is 32.4 Å². The Morgan fingerprint density at radius 3 is 2.82 bits per heavy atom. The largest absolute Gasteiger partial charge is 0.353 e. The molecule has 1 aliphatic rings. The molecule has 1 saturated carbocycles. The molecule has 1 atom stereocenters. The highest BCUT2D eigenvalue weighted by Gasteiger charge is 2.28. The average Bonchev–Trinajstić information content (AvgIpc) is 3.26. The van der Waals surface area contributed by atoms with Crippen LogP contribution in [0.4, 0.5) is 0 Å². The second kappa shape index (κ2) is 6.23. The van der Waals surface area contributed by atoms with Gasteiger partial charge in [0, 0.05) is 18.2 Å². The molecule has 116 valence electrons. The van der Waals surface area contributed by atoms with Gasteiger partial charge in [-0.3, -0.25) is 4.79 Å². The second-order valence-electron chi connectivity index (χ2n) is 5.81. The molecule has 7 heteroatoms. The number of aromatic nitrogens is 4. The molecule has 1 aromatic carbocycles. The number of nitrogens with two attached hydrogens (primary N) is 1. The molecule has 3 N–H and O–H groups in total. The predicted octanol–water partition coefficient (Wildman–Crippen LogP) is 0.502. The van der Waals surface area contributed by atoms with Crippen molar-refractivity contribution in [3.8, 4) is 11.4 Å². The molecule has 0 saturated heterocycles. The van der Waals surface area contributed by atoms with Crippen molar-refractivity contribution >= 4 is 5.91 Å². The molecular weight excluding hydrogens is 280 g/mol. The van der Waals surface area contributed by atoms with Crippen LogP contribution in [-0.4, -0.2) is 38.7 Å². The van der Waals surface area contributed by atoms with E-state index in [9.17, 15) is 4.79 Å². The molecule has 1 aliphatic carbocycles. The Morgan fingerprint density at radius 2 is 2.14 bits per heavy atom. The highest BCUT2D eigenvalue weighted by molar-refractivity contribution is 5.75. The van der Waals surface area contributed by atoms with Crippen LogP contribution in [-0.2, 0) is 11.3 Å². The number of amides is 1. The van der Waals surface area contributed by atoms with Crippen LogP contribution in [0.25, 0.3) is 11.4 Å². The van der Waals surface area contributed by atoms with Crippen LogP contribution < -0.4 is 11.1 Å². The molecule has 0 aliphatic heterocycles. The summed E-state index contributed by atoms with van der Waals surface area (Å²) in [6, 6.07) is 7.90. The maximum atomic E-state index is 11.9. The van der Waals surface area contributed by atoms with Crippen LogP contribution in [0.15, 0.2) is 24.3 Å². The van der Waals surface area contributed by atoms with E-state index in [4.69, 9.17) is 5.73 Å². The summed E-state index contributed by atoms with van der Waals surface area (Å²) < 4.78 is 0. The molecular formula is C15H20N6O. The maximum absolute atomic E-state index is 11.9. The lowest BCUT2D eigenvalue weighted by Gasteiger charge is -2.10. The van der Waals surface area contributed by atoms with Gasteiger partial charge in [-0.25, -0.2) is 0 Å². The van der Waals surface area contributed by atoms with E-state index in [0.29, 0.717) is 18.3 Å². The van der Waals surface area contributed by atoms with Gasteiger partial charge in [-0.2, -0.15) is 4.80 Å². The van der Waals surface area contributed by atoms with Gasteiger partial charge >= 0.3 is 0 Å². The fourth-order valence-electron chi connectivity index (χ4n) is 2.24. The zero-order valence-corrected chi connectivity index (χ0v) is 12.6. The summed E-state index contributed by atoms with van der Waals surface area (Å²) in [6.45, 7) is 2.57. The fraction of sp³-hybridized carbons (Fsp3) is 0.467. The Labute approximate surface area is 128 Å². The highest BCUT2D eigenvalue weighted by atomic mass is 16.2. The minimum Gasteiger partial charge on any atom is -0.353 e. The summed E-state index contributed by atoms with van der Waals surface area (Å²) in [5.41, 5.74) is 8.00. The van der Waals surface area contributed by atoms with E-state index in [-0.39, 0.29) is 18.5 Å². The first kappa shape index (κ1) is 14.6. The van der Waals surface area contributed by atoms with Crippen LogP contribution in [0.3, 0.4) is 0 Å². The first-order valence-electron chi connectivity index (χ1n) is 7.49. The molecule has 1 aromatic heterocycles. The van der Waals surface area contributed by atoms with E-state index >= 15 is 0 Å². The summed E-state index contributed by atoms with van der Waals surface area (Å²) in [4.78, 5) is 13.2. The summed E-state index contributed by atoms with van der Waals surface area (Å²) in [5.74, 6) is 0.935. The van der Waals surface area contributed by atoms with Crippen LogP contribution in [0.2, 0.25) is 0 Å². The predicted molar refractivity (Wildman–Crippen MR) is 81.7 cm³/mol. The number of aryl methyl sites for hydroxylation is 1. The molecule has 1 heterocycles. The van der Waals surface area contributed by atoms with Gasteiger partial charge in [-0.1, -0.05) is 29.8 Å². The van der Waals surface area contributed by atoms with E-state index in [1.165, 1.54) is 23.2 Å². The molecule has 7 nitrogen and oxygen atoms in total. The highest BCUT2D eigenvalue weighted by Crippen LogP contribution is 2.31. The first-order chi connectivity index (χ1) is 10.6. The Balaban J connectivity index is 1.54. The molecule has 0 spiro atoms. The molecule has 0 bridgehead atoms. The molecule has 2 aromatic rings. The Morgan fingerprint density at radius 1 is 1.41 bits per heavy atom. The summed E-state index contributed by atoms with van der Waals surface area (Å²) in [7, 11) is 0. The van der Waals surface area contributed by atoms with E-state index in [2.05, 4.69) is 20.7 Å². The third kappa shape index (κ3) is 3.67. The van der Waals surface area contributed by atoms with Crippen LogP contribution in [0, 0.1) is 12.8 Å². The third-order valence-corrected chi connectivity index (χ3v) is 3.81. The van der Waals surface area contributed by atoms with Gasteiger partial charge in [-0.05, 0) is 30.9 Å². The Hall–Kier alpha value is -2.28. The van der Waals surface area contributed by atoms with Gasteiger partial charge in [0.05, 0.1) is 0 Å². The minimum absolute atomic E-state index is 0.0516. The van der Waals surface area contributed by atoms with Crippen LogP contribution in [0.5, 0.6) is 0 Å². The lowest BCUT2D eigenvalue weighted by Crippen LogP contribution is -2.40. The number of hydrogen-bond donors (Lipinski definition) is 2. The van der Waals surface area contributed by atoms with Crippen molar-refractivity contribution in [3.63, 3.8) is 0 Å². The van der Waals surface area contributed by atoms with Crippen LogP contribution >= 0.6 is 0 Å². The van der Waals surface area contributed by atoms with Crippen molar-refractivity contribution in [1.82, 2.24) is 25.5 Å². The number of hydrogen-bond acceptors (Lipinski definition) is 5. The Kier molecular flexibility index (Phi) is 4.15. The number of nitrogens with zero attached hydrogens (tertiary/aromatic N) is 4. The minimum atomic E-state index is -0.149. The monoisotopic (exact) mass is 300 g/mol. The molecule has 1 unspecified atom stereocenters. The molecule has 22 heavy (non-hydrogen) atoms. The average molecular weight is 300 g/mol. The maximum Gasteiger partial charge on any atom is 0.243 e. The van der Waals surface area contributed by atoms with Crippen molar-refractivity contribution in [2.75, 3.05) is 6.54 Å². The van der Waals surface area contributed by atoms with Gasteiger partial charge < -0.3 is 11.1 Å². The van der Waals surface area contributed by atoms with Crippen molar-refractivity contribution < 1.29 is 4.79 Å². The summed E-state index contributed by atoms with van der Waals surface area (Å²) >= 11 is 0. The molecule has 1 amide bonds. The lowest BCUT2D eigenvalue weighted by atomic mass is 10.1. The fourth-order valence-corrected chi connectivity index (χ4v) is 2.24. The topological polar surface area (TPSA) is 98.7 Å². The van der Waals surface area contributed by atoms with Crippen LogP contribution in [0.1, 0.15) is 18.4 Å². The number of carbonyl (C=O) groups is 1. The summed E-state index contributed by atoms with van der Waals surface area (Å²) in [5, 5.41) is 14.9. The number of carbonyl (C=O) groups excluding carboxylic acids is 1. The first-order valence-corrected chi connectivity index (χ1v) is 7.49. The lowest BCUT2D eigenvalue weighted by molar-refractivity contribution is -0.122.